The Morgan fingerprint density at radius 1 is 1.25 bits per heavy atom. The number of hydrogen-bond donors (Lipinski definition) is 1. The highest BCUT2D eigenvalue weighted by Gasteiger charge is 2.27. The monoisotopic (exact) mass is 238 g/mol. The minimum Gasteiger partial charge on any atom is -0.371 e. The first-order valence-electron chi connectivity index (χ1n) is 5.03. The molecule has 0 heterocycles. The van der Waals surface area contributed by atoms with Crippen molar-refractivity contribution in [2.24, 2.45) is 5.41 Å². The van der Waals surface area contributed by atoms with Crippen LogP contribution >= 0.6 is 0 Å². The van der Waals surface area contributed by atoms with E-state index in [9.17, 15) is 13.2 Å². The number of nitrogens with zero attached hydrogens (tertiary/aromatic N) is 1. The molecule has 0 saturated heterocycles. The van der Waals surface area contributed by atoms with Gasteiger partial charge in [-0.15, -0.1) is 0 Å². The zero-order chi connectivity index (χ0) is 12.7. The molecule has 1 N–H and O–H groups in total. The van der Waals surface area contributed by atoms with E-state index in [1.165, 1.54) is 0 Å². The van der Waals surface area contributed by atoms with Crippen LogP contribution in [-0.4, -0.2) is 32.5 Å². The molecule has 0 amide bonds. The third kappa shape index (κ3) is 9.74. The largest absolute Gasteiger partial charge is 0.411 e. The lowest BCUT2D eigenvalue weighted by Gasteiger charge is -2.15. The first-order valence-corrected chi connectivity index (χ1v) is 5.03. The van der Waals surface area contributed by atoms with Crippen molar-refractivity contribution in [1.29, 1.82) is 5.26 Å². The maximum absolute atomic E-state index is 11.7. The second-order valence-electron chi connectivity index (χ2n) is 4.16. The average Bonchev–Trinajstić information content (AvgIpc) is 2.14. The lowest BCUT2D eigenvalue weighted by atomic mass is 9.92. The van der Waals surface area contributed by atoms with Crippen molar-refractivity contribution < 1.29 is 17.9 Å². The van der Waals surface area contributed by atoms with Gasteiger partial charge in [-0.1, -0.05) is 0 Å². The summed E-state index contributed by atoms with van der Waals surface area (Å²) in [5.41, 5.74) is -0.403. The molecule has 94 valence electrons. The number of hydrogen-bond acceptors (Lipinski definition) is 3. The highest BCUT2D eigenvalue weighted by atomic mass is 19.4. The fourth-order valence-corrected chi connectivity index (χ4v) is 0.914. The van der Waals surface area contributed by atoms with Crippen LogP contribution in [-0.2, 0) is 4.74 Å². The number of ether oxygens (including phenoxy) is 1. The Hall–Kier alpha value is -0.800. The minimum atomic E-state index is -4.26. The third-order valence-corrected chi connectivity index (χ3v) is 1.92. The van der Waals surface area contributed by atoms with Crippen LogP contribution < -0.4 is 5.32 Å². The van der Waals surface area contributed by atoms with Crippen molar-refractivity contribution in [2.75, 3.05) is 26.3 Å². The molecule has 0 atom stereocenters. The highest BCUT2D eigenvalue weighted by molar-refractivity contribution is 4.91. The molecule has 16 heavy (non-hydrogen) atoms. The van der Waals surface area contributed by atoms with Crippen LogP contribution in [0, 0.1) is 16.7 Å². The van der Waals surface area contributed by atoms with E-state index in [4.69, 9.17) is 5.26 Å². The second-order valence-corrected chi connectivity index (χ2v) is 4.16. The number of nitrogens with one attached hydrogen (secondary N) is 1. The molecule has 0 bridgehead atoms. The molecule has 3 nitrogen and oxygen atoms in total. The molecular weight excluding hydrogens is 221 g/mol. The summed E-state index contributed by atoms with van der Waals surface area (Å²) in [4.78, 5) is 0. The first-order chi connectivity index (χ1) is 7.27. The standard InChI is InChI=1S/C10H17F3N2O/c1-9(2,7-14)3-4-15-5-6-16-8-10(11,12)13/h15H,3-6,8H2,1-2H3. The van der Waals surface area contributed by atoms with E-state index in [-0.39, 0.29) is 6.61 Å². The molecule has 0 unspecified atom stereocenters. The molecule has 0 saturated carbocycles. The van der Waals surface area contributed by atoms with Crippen LogP contribution in [0.1, 0.15) is 20.3 Å². The molecule has 0 aliphatic carbocycles. The number of halogens is 3. The summed E-state index contributed by atoms with van der Waals surface area (Å²) in [6.45, 7) is 3.39. The van der Waals surface area contributed by atoms with Gasteiger partial charge in [0.15, 0.2) is 0 Å². The summed E-state index contributed by atoms with van der Waals surface area (Å²) in [7, 11) is 0. The third-order valence-electron chi connectivity index (χ3n) is 1.92. The first kappa shape index (κ1) is 15.2. The lowest BCUT2D eigenvalue weighted by molar-refractivity contribution is -0.173. The molecule has 0 aromatic heterocycles. The van der Waals surface area contributed by atoms with Crippen molar-refractivity contribution in [3.05, 3.63) is 0 Å². The van der Waals surface area contributed by atoms with Gasteiger partial charge in [0, 0.05) is 6.54 Å². The van der Waals surface area contributed by atoms with Crippen LogP contribution in [0.5, 0.6) is 0 Å². The van der Waals surface area contributed by atoms with Crippen molar-refractivity contribution >= 4 is 0 Å². The molecule has 0 aliphatic heterocycles. The zero-order valence-electron chi connectivity index (χ0n) is 9.52. The van der Waals surface area contributed by atoms with E-state index in [1.807, 2.05) is 13.8 Å². The summed E-state index contributed by atoms with van der Waals surface area (Å²) < 4.78 is 39.4. The Morgan fingerprint density at radius 2 is 1.88 bits per heavy atom. The normalized spacial score (nSPS) is 12.5. The van der Waals surface area contributed by atoms with Crippen LogP contribution in [0.15, 0.2) is 0 Å². The zero-order valence-corrected chi connectivity index (χ0v) is 9.52. The Morgan fingerprint density at radius 3 is 2.38 bits per heavy atom. The van der Waals surface area contributed by atoms with E-state index >= 15 is 0 Å². The summed E-state index contributed by atoms with van der Waals surface area (Å²) in [5.74, 6) is 0. The van der Waals surface area contributed by atoms with Gasteiger partial charge in [-0.2, -0.15) is 18.4 Å². The maximum atomic E-state index is 11.7. The van der Waals surface area contributed by atoms with Gasteiger partial charge < -0.3 is 10.1 Å². The summed E-state index contributed by atoms with van der Waals surface area (Å²) in [6, 6.07) is 2.14. The SMILES string of the molecule is CC(C)(C#N)CCNCCOCC(F)(F)F. The van der Waals surface area contributed by atoms with E-state index < -0.39 is 18.2 Å². The molecule has 0 aliphatic rings. The van der Waals surface area contributed by atoms with Crippen LogP contribution in [0.4, 0.5) is 13.2 Å². The van der Waals surface area contributed by atoms with Crippen molar-refractivity contribution in [2.45, 2.75) is 26.4 Å². The number of nitriles is 1. The van der Waals surface area contributed by atoms with Gasteiger partial charge in [-0.3, -0.25) is 0 Å². The van der Waals surface area contributed by atoms with Gasteiger partial charge in [-0.05, 0) is 26.8 Å². The van der Waals surface area contributed by atoms with Crippen LogP contribution in [0.2, 0.25) is 0 Å². The number of alkyl halides is 3. The predicted molar refractivity (Wildman–Crippen MR) is 53.8 cm³/mol. The smallest absolute Gasteiger partial charge is 0.371 e. The van der Waals surface area contributed by atoms with E-state index in [2.05, 4.69) is 16.1 Å². The van der Waals surface area contributed by atoms with E-state index in [1.54, 1.807) is 0 Å². The molecule has 0 aromatic carbocycles. The molecule has 0 rings (SSSR count). The summed E-state index contributed by atoms with van der Waals surface area (Å²) >= 11 is 0. The van der Waals surface area contributed by atoms with Gasteiger partial charge in [0.1, 0.15) is 6.61 Å². The molecule has 0 fully saturated rings. The Bertz CT molecular complexity index is 233. The fraction of sp³-hybridized carbons (Fsp3) is 0.900. The Kier molecular flexibility index (Phi) is 6.38. The van der Waals surface area contributed by atoms with Gasteiger partial charge in [0.2, 0.25) is 0 Å². The second kappa shape index (κ2) is 6.71. The average molecular weight is 238 g/mol. The van der Waals surface area contributed by atoms with E-state index in [0.29, 0.717) is 19.5 Å². The van der Waals surface area contributed by atoms with Crippen LogP contribution in [0.3, 0.4) is 0 Å². The molecule has 0 aromatic rings. The van der Waals surface area contributed by atoms with E-state index in [0.717, 1.165) is 0 Å². The minimum absolute atomic E-state index is 0.0203. The molecule has 0 radical (unpaired) electrons. The van der Waals surface area contributed by atoms with Gasteiger partial charge in [0.05, 0.1) is 18.1 Å². The van der Waals surface area contributed by atoms with Crippen LogP contribution in [0.25, 0.3) is 0 Å². The van der Waals surface area contributed by atoms with Gasteiger partial charge >= 0.3 is 6.18 Å². The quantitative estimate of drug-likeness (QED) is 0.691. The molecule has 6 heteroatoms. The highest BCUT2D eigenvalue weighted by Crippen LogP contribution is 2.17. The van der Waals surface area contributed by atoms with Crippen molar-refractivity contribution in [3.63, 3.8) is 0 Å². The lowest BCUT2D eigenvalue weighted by Crippen LogP contribution is -2.26. The maximum Gasteiger partial charge on any atom is 0.411 e. The summed E-state index contributed by atoms with van der Waals surface area (Å²) in [6.07, 6.45) is -3.61. The van der Waals surface area contributed by atoms with Gasteiger partial charge in [0.25, 0.3) is 0 Å². The van der Waals surface area contributed by atoms with Gasteiger partial charge in [-0.25, -0.2) is 0 Å². The fourth-order valence-electron chi connectivity index (χ4n) is 0.914. The molecule has 0 spiro atoms. The van der Waals surface area contributed by atoms with Crippen molar-refractivity contribution in [1.82, 2.24) is 5.32 Å². The Balaban J connectivity index is 3.33. The number of rotatable bonds is 7. The predicted octanol–water partition coefficient (Wildman–Crippen LogP) is 2.09. The van der Waals surface area contributed by atoms with Crippen molar-refractivity contribution in [3.8, 4) is 6.07 Å². The molecular formula is C10H17F3N2O. The topological polar surface area (TPSA) is 45.0 Å². The Labute approximate surface area is 93.6 Å². The summed E-state index contributed by atoms with van der Waals surface area (Å²) in [5, 5.41) is 11.6.